The zero-order valence-corrected chi connectivity index (χ0v) is 9.87. The zero-order valence-electron chi connectivity index (χ0n) is 9.87. The summed E-state index contributed by atoms with van der Waals surface area (Å²) in [6.45, 7) is 5.98. The Morgan fingerprint density at radius 2 is 1.33 bits per heavy atom. The number of hydrogen-bond donors (Lipinski definition) is 0. The fourth-order valence-electron chi connectivity index (χ4n) is 1.14. The highest BCUT2D eigenvalue weighted by Crippen LogP contribution is 1.98. The molecule has 2 aliphatic heterocycles. The maximum absolute atomic E-state index is 9.40. The Labute approximate surface area is 93.1 Å². The van der Waals surface area contributed by atoms with Crippen molar-refractivity contribution in [3.63, 3.8) is 0 Å². The van der Waals surface area contributed by atoms with E-state index in [9.17, 15) is 4.79 Å². The lowest BCUT2D eigenvalue weighted by Crippen LogP contribution is -1.74. The molecule has 2 aliphatic rings. The predicted molar refractivity (Wildman–Crippen MR) is 61.1 cm³/mol. The lowest BCUT2D eigenvalue weighted by molar-refractivity contribution is -0.107. The standard InChI is InChI=1S/3C4H8O/c2*1-2-4-5-3-1;1-2-3-4-5/h2*1-4H2;4H,2-3H2,1H3. The number of carbonyl (C=O) groups is 1. The summed E-state index contributed by atoms with van der Waals surface area (Å²) >= 11 is 0. The van der Waals surface area contributed by atoms with Gasteiger partial charge < -0.3 is 14.3 Å². The summed E-state index contributed by atoms with van der Waals surface area (Å²) in [7, 11) is 0. The zero-order chi connectivity index (χ0) is 11.2. The average molecular weight is 216 g/mol. The van der Waals surface area contributed by atoms with Gasteiger partial charge in [0.25, 0.3) is 0 Å². The van der Waals surface area contributed by atoms with Crippen molar-refractivity contribution in [2.75, 3.05) is 26.4 Å². The van der Waals surface area contributed by atoms with Gasteiger partial charge in [0.15, 0.2) is 0 Å². The van der Waals surface area contributed by atoms with Crippen LogP contribution in [0.5, 0.6) is 0 Å². The van der Waals surface area contributed by atoms with Crippen LogP contribution in [0, 0.1) is 0 Å². The molecule has 0 N–H and O–H groups in total. The maximum Gasteiger partial charge on any atom is 0.119 e. The summed E-state index contributed by atoms with van der Waals surface area (Å²) in [4.78, 5) is 9.40. The monoisotopic (exact) mass is 216 g/mol. The number of ether oxygens (including phenoxy) is 2. The van der Waals surface area contributed by atoms with Gasteiger partial charge in [-0.3, -0.25) is 0 Å². The molecular weight excluding hydrogens is 192 g/mol. The number of aldehydes is 1. The lowest BCUT2D eigenvalue weighted by atomic mass is 10.4. The van der Waals surface area contributed by atoms with E-state index in [0.29, 0.717) is 6.42 Å². The van der Waals surface area contributed by atoms with Crippen molar-refractivity contribution in [3.8, 4) is 0 Å². The van der Waals surface area contributed by atoms with E-state index in [-0.39, 0.29) is 0 Å². The molecule has 0 saturated carbocycles. The van der Waals surface area contributed by atoms with Crippen LogP contribution in [0.3, 0.4) is 0 Å². The number of carbonyl (C=O) groups excluding carboxylic acids is 1. The first-order chi connectivity index (χ1) is 7.41. The number of rotatable bonds is 2. The Kier molecular flexibility index (Phi) is 13.2. The molecule has 3 heteroatoms. The Hall–Kier alpha value is -0.410. The molecule has 3 nitrogen and oxygen atoms in total. The van der Waals surface area contributed by atoms with E-state index >= 15 is 0 Å². The highest BCUT2D eigenvalue weighted by atomic mass is 16.5. The summed E-state index contributed by atoms with van der Waals surface area (Å²) in [6.07, 6.45) is 7.73. The van der Waals surface area contributed by atoms with Gasteiger partial charge in [-0.25, -0.2) is 0 Å². The van der Waals surface area contributed by atoms with E-state index in [4.69, 9.17) is 9.47 Å². The van der Waals surface area contributed by atoms with E-state index in [1.165, 1.54) is 25.7 Å². The Bertz CT molecular complexity index is 92.8. The third kappa shape index (κ3) is 13.6. The van der Waals surface area contributed by atoms with Crippen LogP contribution in [0.15, 0.2) is 0 Å². The minimum absolute atomic E-state index is 0.708. The van der Waals surface area contributed by atoms with E-state index in [1.807, 2.05) is 6.92 Å². The highest BCUT2D eigenvalue weighted by molar-refractivity contribution is 5.48. The van der Waals surface area contributed by atoms with Gasteiger partial charge in [-0.2, -0.15) is 0 Å². The van der Waals surface area contributed by atoms with Crippen LogP contribution < -0.4 is 0 Å². The van der Waals surface area contributed by atoms with Gasteiger partial charge in [0.05, 0.1) is 0 Å². The molecule has 2 rings (SSSR count). The van der Waals surface area contributed by atoms with Gasteiger partial charge >= 0.3 is 0 Å². The molecule has 0 amide bonds. The van der Waals surface area contributed by atoms with Crippen molar-refractivity contribution >= 4 is 6.29 Å². The summed E-state index contributed by atoms with van der Waals surface area (Å²) in [5, 5.41) is 0. The minimum Gasteiger partial charge on any atom is -0.381 e. The fourth-order valence-corrected chi connectivity index (χ4v) is 1.14. The van der Waals surface area contributed by atoms with Gasteiger partial charge in [0.2, 0.25) is 0 Å². The minimum atomic E-state index is 0.708. The van der Waals surface area contributed by atoms with Crippen LogP contribution in [0.4, 0.5) is 0 Å². The first kappa shape index (κ1) is 14.6. The molecule has 2 heterocycles. The van der Waals surface area contributed by atoms with Gasteiger partial charge in [0, 0.05) is 32.8 Å². The SMILES string of the molecule is C1CCOC1.C1CCOC1.CCCC=O. The molecule has 0 bridgehead atoms. The highest BCUT2D eigenvalue weighted by Gasteiger charge is 1.95. The van der Waals surface area contributed by atoms with Crippen LogP contribution in [-0.2, 0) is 14.3 Å². The van der Waals surface area contributed by atoms with E-state index in [2.05, 4.69) is 0 Å². The molecule has 2 fully saturated rings. The molecule has 90 valence electrons. The van der Waals surface area contributed by atoms with Crippen molar-refractivity contribution < 1.29 is 14.3 Å². The van der Waals surface area contributed by atoms with Gasteiger partial charge in [-0.1, -0.05) is 6.92 Å². The maximum atomic E-state index is 9.40. The van der Waals surface area contributed by atoms with E-state index < -0.39 is 0 Å². The number of unbranched alkanes of at least 4 members (excludes halogenated alkanes) is 1. The molecule has 0 aromatic carbocycles. The quantitative estimate of drug-likeness (QED) is 0.665. The Morgan fingerprint density at radius 1 is 0.933 bits per heavy atom. The molecule has 0 aromatic heterocycles. The van der Waals surface area contributed by atoms with Crippen molar-refractivity contribution in [3.05, 3.63) is 0 Å². The molecule has 0 spiro atoms. The van der Waals surface area contributed by atoms with Gasteiger partial charge in [-0.15, -0.1) is 0 Å². The van der Waals surface area contributed by atoms with E-state index in [0.717, 1.165) is 39.1 Å². The predicted octanol–water partition coefficient (Wildman–Crippen LogP) is 2.58. The smallest absolute Gasteiger partial charge is 0.119 e. The first-order valence-corrected chi connectivity index (χ1v) is 6.01. The summed E-state index contributed by atoms with van der Waals surface area (Å²) in [5.41, 5.74) is 0. The molecule has 0 aromatic rings. The Balaban J connectivity index is 0.000000196. The molecule has 0 aliphatic carbocycles. The van der Waals surface area contributed by atoms with Crippen LogP contribution in [0.1, 0.15) is 45.4 Å². The second-order valence-corrected chi connectivity index (χ2v) is 3.59. The molecular formula is C12H24O3. The normalized spacial score (nSPS) is 18.5. The van der Waals surface area contributed by atoms with Crippen molar-refractivity contribution in [1.82, 2.24) is 0 Å². The Morgan fingerprint density at radius 3 is 1.40 bits per heavy atom. The third-order valence-electron chi connectivity index (χ3n) is 2.06. The molecule has 2 saturated heterocycles. The van der Waals surface area contributed by atoms with Crippen LogP contribution in [0.2, 0.25) is 0 Å². The lowest BCUT2D eigenvalue weighted by Gasteiger charge is -1.76. The van der Waals surface area contributed by atoms with Gasteiger partial charge in [-0.05, 0) is 32.1 Å². The molecule has 0 atom stereocenters. The number of hydrogen-bond acceptors (Lipinski definition) is 3. The van der Waals surface area contributed by atoms with Gasteiger partial charge in [0.1, 0.15) is 6.29 Å². The summed E-state index contributed by atoms with van der Waals surface area (Å²) in [6, 6.07) is 0. The molecule has 0 unspecified atom stereocenters. The summed E-state index contributed by atoms with van der Waals surface area (Å²) < 4.78 is 9.89. The van der Waals surface area contributed by atoms with Crippen molar-refractivity contribution in [1.29, 1.82) is 0 Å². The van der Waals surface area contributed by atoms with E-state index in [1.54, 1.807) is 0 Å². The second-order valence-electron chi connectivity index (χ2n) is 3.59. The van der Waals surface area contributed by atoms with Crippen LogP contribution >= 0.6 is 0 Å². The molecule has 0 radical (unpaired) electrons. The third-order valence-corrected chi connectivity index (χ3v) is 2.06. The van der Waals surface area contributed by atoms with Crippen molar-refractivity contribution in [2.24, 2.45) is 0 Å². The van der Waals surface area contributed by atoms with Crippen LogP contribution in [0.25, 0.3) is 0 Å². The topological polar surface area (TPSA) is 35.5 Å². The average Bonchev–Trinajstić information content (AvgIpc) is 2.99. The summed E-state index contributed by atoms with van der Waals surface area (Å²) in [5.74, 6) is 0. The molecule has 15 heavy (non-hydrogen) atoms. The van der Waals surface area contributed by atoms with Crippen LogP contribution in [-0.4, -0.2) is 32.7 Å². The van der Waals surface area contributed by atoms with Crippen molar-refractivity contribution in [2.45, 2.75) is 45.4 Å². The second kappa shape index (κ2) is 13.6. The first-order valence-electron chi connectivity index (χ1n) is 6.01. The largest absolute Gasteiger partial charge is 0.381 e. The fraction of sp³-hybridized carbons (Fsp3) is 0.917.